The zero-order valence-electron chi connectivity index (χ0n) is 12.9. The summed E-state index contributed by atoms with van der Waals surface area (Å²) in [7, 11) is 0. The number of ether oxygens (including phenoxy) is 1. The highest BCUT2D eigenvalue weighted by Crippen LogP contribution is 2.44. The number of para-hydroxylation sites is 3. The summed E-state index contributed by atoms with van der Waals surface area (Å²) < 4.78 is 8.30. The summed E-state index contributed by atoms with van der Waals surface area (Å²) in [5.74, 6) is 1.68. The van der Waals surface area contributed by atoms with Crippen molar-refractivity contribution in [2.75, 3.05) is 0 Å². The van der Waals surface area contributed by atoms with Gasteiger partial charge in [0.25, 0.3) is 0 Å². The zero-order chi connectivity index (χ0) is 15.9. The molecule has 4 aromatic rings. The quantitative estimate of drug-likeness (QED) is 0.419. The standard InChI is InChI=1S/C21H14N2O/c1-2-8-15(9-3-1)20-21-16-10-4-6-12-18(16)24-19-13-7-5-11-17(19)23(21)14-22-20/h1-14H. The van der Waals surface area contributed by atoms with Gasteiger partial charge in [0.15, 0.2) is 5.75 Å². The molecular formula is C21H14N2O. The van der Waals surface area contributed by atoms with Gasteiger partial charge in [-0.25, -0.2) is 4.98 Å². The average molecular weight is 310 g/mol. The third-order valence-corrected chi connectivity index (χ3v) is 4.30. The van der Waals surface area contributed by atoms with Crippen molar-refractivity contribution in [1.29, 1.82) is 0 Å². The predicted octanol–water partition coefficient (Wildman–Crippen LogP) is 5.31. The molecule has 0 spiro atoms. The summed E-state index contributed by atoms with van der Waals surface area (Å²) in [6.45, 7) is 0. The first kappa shape index (κ1) is 13.1. The van der Waals surface area contributed by atoms with E-state index >= 15 is 0 Å². The van der Waals surface area contributed by atoms with E-state index in [0.29, 0.717) is 0 Å². The molecule has 0 radical (unpaired) electrons. The number of fused-ring (bicyclic) bond motifs is 5. The van der Waals surface area contributed by atoms with E-state index in [1.54, 1.807) is 0 Å². The molecule has 24 heavy (non-hydrogen) atoms. The molecule has 0 atom stereocenters. The van der Waals surface area contributed by atoms with Gasteiger partial charge in [0, 0.05) is 11.1 Å². The van der Waals surface area contributed by atoms with Crippen molar-refractivity contribution in [2.24, 2.45) is 0 Å². The van der Waals surface area contributed by atoms with Gasteiger partial charge in [-0.1, -0.05) is 54.6 Å². The normalized spacial score (nSPS) is 11.7. The van der Waals surface area contributed by atoms with E-state index in [-0.39, 0.29) is 0 Å². The lowest BCUT2D eigenvalue weighted by atomic mass is 10.0. The van der Waals surface area contributed by atoms with Crippen LogP contribution in [-0.4, -0.2) is 9.55 Å². The number of imidazole rings is 1. The third kappa shape index (κ3) is 1.88. The maximum atomic E-state index is 6.19. The Morgan fingerprint density at radius 3 is 2.29 bits per heavy atom. The molecule has 0 saturated heterocycles. The minimum atomic E-state index is 0.834. The Morgan fingerprint density at radius 2 is 1.42 bits per heavy atom. The van der Waals surface area contributed by atoms with Crippen LogP contribution in [0.25, 0.3) is 28.2 Å². The molecule has 0 bridgehead atoms. The van der Waals surface area contributed by atoms with Gasteiger partial charge in [0.1, 0.15) is 12.1 Å². The van der Waals surface area contributed by atoms with Crippen molar-refractivity contribution in [2.45, 2.75) is 0 Å². The molecule has 1 aromatic heterocycles. The van der Waals surface area contributed by atoms with Crippen LogP contribution in [0, 0.1) is 0 Å². The van der Waals surface area contributed by atoms with Gasteiger partial charge < -0.3 is 4.74 Å². The van der Waals surface area contributed by atoms with E-state index in [2.05, 4.69) is 28.8 Å². The van der Waals surface area contributed by atoms with Crippen LogP contribution in [0.2, 0.25) is 0 Å². The van der Waals surface area contributed by atoms with Gasteiger partial charge in [-0.15, -0.1) is 0 Å². The lowest BCUT2D eigenvalue weighted by Gasteiger charge is -2.08. The summed E-state index contributed by atoms with van der Waals surface area (Å²) in [6.07, 6.45) is 1.88. The molecule has 114 valence electrons. The van der Waals surface area contributed by atoms with Gasteiger partial charge in [-0.05, 0) is 24.3 Å². The number of nitrogens with zero attached hydrogens (tertiary/aromatic N) is 2. The Hall–Kier alpha value is -3.33. The van der Waals surface area contributed by atoms with E-state index in [1.165, 1.54) is 0 Å². The Bertz CT molecular complexity index is 1030. The first-order valence-corrected chi connectivity index (χ1v) is 7.91. The molecule has 3 heteroatoms. The second-order valence-electron chi connectivity index (χ2n) is 5.74. The zero-order valence-corrected chi connectivity index (χ0v) is 12.9. The van der Waals surface area contributed by atoms with E-state index in [9.17, 15) is 0 Å². The predicted molar refractivity (Wildman–Crippen MR) is 94.5 cm³/mol. The summed E-state index contributed by atoms with van der Waals surface area (Å²) in [5, 5.41) is 0. The van der Waals surface area contributed by atoms with Crippen molar-refractivity contribution >= 4 is 0 Å². The van der Waals surface area contributed by atoms with Crippen molar-refractivity contribution in [3.8, 4) is 39.7 Å². The largest absolute Gasteiger partial charge is 0.454 e. The van der Waals surface area contributed by atoms with E-state index in [4.69, 9.17) is 9.72 Å². The molecule has 0 aliphatic carbocycles. The number of benzene rings is 3. The molecule has 0 saturated carbocycles. The Morgan fingerprint density at radius 1 is 0.708 bits per heavy atom. The molecule has 2 heterocycles. The molecule has 0 unspecified atom stereocenters. The summed E-state index contributed by atoms with van der Waals surface area (Å²) in [5.41, 5.74) is 5.16. The Balaban J connectivity index is 1.88. The lowest BCUT2D eigenvalue weighted by Crippen LogP contribution is -1.94. The van der Waals surface area contributed by atoms with Crippen LogP contribution in [0.15, 0.2) is 85.2 Å². The van der Waals surface area contributed by atoms with Crippen molar-refractivity contribution in [3.05, 3.63) is 85.2 Å². The molecule has 0 amide bonds. The molecule has 3 aromatic carbocycles. The molecule has 0 fully saturated rings. The third-order valence-electron chi connectivity index (χ3n) is 4.30. The topological polar surface area (TPSA) is 27.1 Å². The molecule has 0 N–H and O–H groups in total. The first-order valence-electron chi connectivity index (χ1n) is 7.91. The SMILES string of the molecule is c1ccc(-c2ncn3c2-c2ccccc2Oc2ccccc2-3)cc1. The van der Waals surface area contributed by atoms with Crippen LogP contribution in [0.5, 0.6) is 11.5 Å². The van der Waals surface area contributed by atoms with Gasteiger partial charge in [-0.3, -0.25) is 4.57 Å². The fourth-order valence-electron chi connectivity index (χ4n) is 3.21. The van der Waals surface area contributed by atoms with E-state index < -0.39 is 0 Å². The number of hydrogen-bond acceptors (Lipinski definition) is 2. The van der Waals surface area contributed by atoms with E-state index in [0.717, 1.165) is 39.7 Å². The van der Waals surface area contributed by atoms with Gasteiger partial charge >= 0.3 is 0 Å². The summed E-state index contributed by atoms with van der Waals surface area (Å²) in [4.78, 5) is 4.71. The highest BCUT2D eigenvalue weighted by molar-refractivity contribution is 5.84. The molecule has 1 aliphatic heterocycles. The first-order chi connectivity index (χ1) is 11.9. The van der Waals surface area contributed by atoms with Crippen molar-refractivity contribution < 1.29 is 4.74 Å². The van der Waals surface area contributed by atoms with Crippen LogP contribution in [-0.2, 0) is 0 Å². The maximum absolute atomic E-state index is 6.19. The van der Waals surface area contributed by atoms with Crippen LogP contribution in [0.1, 0.15) is 0 Å². The second-order valence-corrected chi connectivity index (χ2v) is 5.74. The van der Waals surface area contributed by atoms with Crippen LogP contribution < -0.4 is 4.74 Å². The molecule has 1 aliphatic rings. The van der Waals surface area contributed by atoms with Gasteiger partial charge in [-0.2, -0.15) is 0 Å². The number of aromatic nitrogens is 2. The van der Waals surface area contributed by atoms with Gasteiger partial charge in [0.05, 0.1) is 17.1 Å². The van der Waals surface area contributed by atoms with Crippen LogP contribution >= 0.6 is 0 Å². The summed E-state index contributed by atoms with van der Waals surface area (Å²) in [6, 6.07) is 26.4. The minimum absolute atomic E-state index is 0.834. The fraction of sp³-hybridized carbons (Fsp3) is 0. The highest BCUT2D eigenvalue weighted by atomic mass is 16.5. The molecular weight excluding hydrogens is 296 g/mol. The second kappa shape index (κ2) is 5.10. The lowest BCUT2D eigenvalue weighted by molar-refractivity contribution is 0.485. The Kier molecular flexibility index (Phi) is 2.79. The maximum Gasteiger partial charge on any atom is 0.151 e. The molecule has 5 rings (SSSR count). The average Bonchev–Trinajstić information content (AvgIpc) is 3.02. The van der Waals surface area contributed by atoms with Gasteiger partial charge in [0.2, 0.25) is 0 Å². The van der Waals surface area contributed by atoms with E-state index in [1.807, 2.05) is 60.9 Å². The van der Waals surface area contributed by atoms with Crippen LogP contribution in [0.3, 0.4) is 0 Å². The smallest absolute Gasteiger partial charge is 0.151 e. The molecule has 3 nitrogen and oxygen atoms in total. The van der Waals surface area contributed by atoms with Crippen LogP contribution in [0.4, 0.5) is 0 Å². The Labute approximate surface area is 139 Å². The fourth-order valence-corrected chi connectivity index (χ4v) is 3.21. The summed E-state index contributed by atoms with van der Waals surface area (Å²) >= 11 is 0. The number of hydrogen-bond donors (Lipinski definition) is 0. The van der Waals surface area contributed by atoms with Crippen molar-refractivity contribution in [3.63, 3.8) is 0 Å². The monoisotopic (exact) mass is 310 g/mol. The van der Waals surface area contributed by atoms with Crippen molar-refractivity contribution in [1.82, 2.24) is 9.55 Å². The highest BCUT2D eigenvalue weighted by Gasteiger charge is 2.24. The number of rotatable bonds is 1. The minimum Gasteiger partial charge on any atom is -0.454 e.